The summed E-state index contributed by atoms with van der Waals surface area (Å²) >= 11 is 2.61. The van der Waals surface area contributed by atoms with Crippen LogP contribution >= 0.6 is 22.6 Å². The Morgan fingerprint density at radius 3 is 2.95 bits per heavy atom. The van der Waals surface area contributed by atoms with Gasteiger partial charge >= 0.3 is 0 Å². The third kappa shape index (κ3) is 1.77. The van der Waals surface area contributed by atoms with E-state index in [1.54, 1.807) is 14.7 Å². The number of halogens is 1. The molecule has 106 valence electrons. The first-order valence-corrected chi connectivity index (χ1v) is 9.13. The molecular formula is C19H23I. The quantitative estimate of drug-likeness (QED) is 0.502. The zero-order valence-corrected chi connectivity index (χ0v) is 14.6. The van der Waals surface area contributed by atoms with Gasteiger partial charge in [-0.25, -0.2) is 0 Å². The van der Waals surface area contributed by atoms with Crippen LogP contribution in [0.5, 0.6) is 0 Å². The molecule has 0 nitrogen and oxygen atoms in total. The van der Waals surface area contributed by atoms with Crippen molar-refractivity contribution in [3.63, 3.8) is 0 Å². The molecule has 0 saturated heterocycles. The van der Waals surface area contributed by atoms with Crippen LogP contribution in [0.25, 0.3) is 0 Å². The second-order valence-electron chi connectivity index (χ2n) is 7.36. The molecule has 4 rings (SSSR count). The van der Waals surface area contributed by atoms with Crippen LogP contribution in [-0.4, -0.2) is 0 Å². The van der Waals surface area contributed by atoms with E-state index in [9.17, 15) is 0 Å². The van der Waals surface area contributed by atoms with Crippen molar-refractivity contribution in [2.75, 3.05) is 0 Å². The van der Waals surface area contributed by atoms with Crippen LogP contribution in [0, 0.1) is 24.2 Å². The highest BCUT2D eigenvalue weighted by atomic mass is 127. The number of aryl methyl sites for hydroxylation is 2. The molecular weight excluding hydrogens is 355 g/mol. The maximum atomic E-state index is 2.61. The minimum absolute atomic E-state index is 0.504. The molecule has 4 atom stereocenters. The van der Waals surface area contributed by atoms with Crippen LogP contribution in [0.15, 0.2) is 27.9 Å². The summed E-state index contributed by atoms with van der Waals surface area (Å²) in [4.78, 5) is 0. The van der Waals surface area contributed by atoms with Crippen molar-refractivity contribution in [1.82, 2.24) is 0 Å². The number of hydrogen-bond acceptors (Lipinski definition) is 0. The Morgan fingerprint density at radius 2 is 2.10 bits per heavy atom. The molecule has 3 aliphatic rings. The van der Waals surface area contributed by atoms with Gasteiger partial charge in [-0.2, -0.15) is 0 Å². The van der Waals surface area contributed by atoms with Gasteiger partial charge in [-0.15, -0.1) is 0 Å². The zero-order valence-electron chi connectivity index (χ0n) is 12.5. The van der Waals surface area contributed by atoms with Crippen LogP contribution in [-0.2, 0) is 6.42 Å². The molecule has 20 heavy (non-hydrogen) atoms. The summed E-state index contributed by atoms with van der Waals surface area (Å²) in [5.41, 5.74) is 5.27. The third-order valence-corrected chi connectivity index (χ3v) is 8.04. The average molecular weight is 378 g/mol. The monoisotopic (exact) mass is 378 g/mol. The van der Waals surface area contributed by atoms with E-state index >= 15 is 0 Å². The lowest BCUT2D eigenvalue weighted by Gasteiger charge is -2.49. The fraction of sp³-hybridized carbons (Fsp3) is 0.579. The van der Waals surface area contributed by atoms with Crippen molar-refractivity contribution in [1.29, 1.82) is 0 Å². The second-order valence-corrected chi connectivity index (χ2v) is 8.52. The first-order valence-electron chi connectivity index (χ1n) is 8.05. The van der Waals surface area contributed by atoms with Crippen molar-refractivity contribution < 1.29 is 0 Å². The Balaban J connectivity index is 1.72. The Morgan fingerprint density at radius 1 is 1.25 bits per heavy atom. The standard InChI is InChI=1S/C19H23I/c1-12-3-5-14-13(11-12)4-6-16-15(14)9-10-19(2)17(16)7-8-18(19)20/h3,5,8,11,15-17H,4,6-7,9-10H2,1-2H3/t15?,16?,17?,19-/m0/s1. The summed E-state index contributed by atoms with van der Waals surface area (Å²) in [6, 6.07) is 7.21. The van der Waals surface area contributed by atoms with Crippen LogP contribution in [0.4, 0.5) is 0 Å². The summed E-state index contributed by atoms with van der Waals surface area (Å²) in [6.07, 6.45) is 9.37. The topological polar surface area (TPSA) is 0 Å². The highest BCUT2D eigenvalue weighted by Gasteiger charge is 2.51. The summed E-state index contributed by atoms with van der Waals surface area (Å²) in [6.45, 7) is 4.76. The van der Waals surface area contributed by atoms with Gasteiger partial charge in [0.15, 0.2) is 0 Å². The van der Waals surface area contributed by atoms with Crippen molar-refractivity contribution in [2.45, 2.75) is 51.9 Å². The van der Waals surface area contributed by atoms with Gasteiger partial charge in [0, 0.05) is 5.41 Å². The van der Waals surface area contributed by atoms with Gasteiger partial charge in [0.2, 0.25) is 0 Å². The first-order chi connectivity index (χ1) is 9.59. The Bertz CT molecular complexity index is 585. The average Bonchev–Trinajstić information content (AvgIpc) is 2.74. The molecule has 0 aromatic heterocycles. The van der Waals surface area contributed by atoms with Crippen LogP contribution in [0.3, 0.4) is 0 Å². The van der Waals surface area contributed by atoms with Gasteiger partial charge in [0.25, 0.3) is 0 Å². The Labute approximate surface area is 136 Å². The maximum absolute atomic E-state index is 2.61. The molecule has 0 bridgehead atoms. The molecule has 1 fully saturated rings. The molecule has 1 aromatic rings. The first kappa shape index (κ1) is 13.4. The molecule has 0 N–H and O–H groups in total. The van der Waals surface area contributed by atoms with Crippen LogP contribution < -0.4 is 0 Å². The molecule has 0 heterocycles. The van der Waals surface area contributed by atoms with Gasteiger partial charge in [0.1, 0.15) is 0 Å². The summed E-state index contributed by atoms with van der Waals surface area (Å²) in [5.74, 6) is 2.67. The molecule has 3 unspecified atom stereocenters. The number of fused-ring (bicyclic) bond motifs is 5. The van der Waals surface area contributed by atoms with Gasteiger partial charge in [-0.05, 0) is 94.1 Å². The highest BCUT2D eigenvalue weighted by molar-refractivity contribution is 14.1. The summed E-state index contributed by atoms with van der Waals surface area (Å²) in [7, 11) is 0. The molecule has 0 radical (unpaired) electrons. The van der Waals surface area contributed by atoms with Crippen LogP contribution in [0.1, 0.15) is 55.2 Å². The fourth-order valence-corrected chi connectivity index (χ4v) is 6.15. The summed E-state index contributed by atoms with van der Waals surface area (Å²) < 4.78 is 1.65. The van der Waals surface area contributed by atoms with E-state index in [-0.39, 0.29) is 0 Å². The molecule has 1 heteroatoms. The molecule has 0 amide bonds. The normalized spacial score (nSPS) is 38.8. The van der Waals surface area contributed by atoms with Gasteiger partial charge in [-0.3, -0.25) is 0 Å². The van der Waals surface area contributed by atoms with Crippen LogP contribution in [0.2, 0.25) is 0 Å². The van der Waals surface area contributed by atoms with E-state index in [0.29, 0.717) is 5.41 Å². The Kier molecular flexibility index (Phi) is 3.07. The molecule has 0 aliphatic heterocycles. The molecule has 3 aliphatic carbocycles. The summed E-state index contributed by atoms with van der Waals surface area (Å²) in [5, 5.41) is 0. The van der Waals surface area contributed by atoms with E-state index in [2.05, 4.69) is 60.7 Å². The van der Waals surface area contributed by atoms with E-state index in [1.807, 2.05) is 0 Å². The minimum atomic E-state index is 0.504. The van der Waals surface area contributed by atoms with E-state index in [1.165, 1.54) is 37.7 Å². The second kappa shape index (κ2) is 4.59. The lowest BCUT2D eigenvalue weighted by molar-refractivity contribution is 0.0815. The van der Waals surface area contributed by atoms with Crippen molar-refractivity contribution >= 4 is 22.6 Å². The van der Waals surface area contributed by atoms with Gasteiger partial charge < -0.3 is 0 Å². The number of allylic oxidation sites excluding steroid dienone is 2. The van der Waals surface area contributed by atoms with Crippen molar-refractivity contribution in [3.05, 3.63) is 44.5 Å². The fourth-order valence-electron chi connectivity index (χ4n) is 5.23. The zero-order chi connectivity index (χ0) is 13.9. The lowest BCUT2D eigenvalue weighted by Crippen LogP contribution is -2.40. The molecule has 1 aromatic carbocycles. The van der Waals surface area contributed by atoms with Crippen molar-refractivity contribution in [2.24, 2.45) is 17.3 Å². The molecule has 1 saturated carbocycles. The van der Waals surface area contributed by atoms with E-state index in [4.69, 9.17) is 0 Å². The van der Waals surface area contributed by atoms with Gasteiger partial charge in [-0.1, -0.05) is 36.8 Å². The smallest absolute Gasteiger partial charge is 0.00137 e. The maximum Gasteiger partial charge on any atom is 0.00137 e. The number of benzene rings is 1. The SMILES string of the molecule is Cc1ccc2c(c1)CCC1C2CC[C@]2(C)C(I)=CCC12. The number of hydrogen-bond donors (Lipinski definition) is 0. The van der Waals surface area contributed by atoms with Crippen molar-refractivity contribution in [3.8, 4) is 0 Å². The molecule has 0 spiro atoms. The van der Waals surface area contributed by atoms with E-state index < -0.39 is 0 Å². The largest absolute Gasteiger partial charge is 0.0743 e. The van der Waals surface area contributed by atoms with Gasteiger partial charge in [0.05, 0.1) is 0 Å². The minimum Gasteiger partial charge on any atom is -0.0743 e. The lowest BCUT2D eigenvalue weighted by atomic mass is 9.56. The Hall–Kier alpha value is -0.310. The van der Waals surface area contributed by atoms with E-state index in [0.717, 1.165) is 17.8 Å². The predicted octanol–water partition coefficient (Wildman–Crippen LogP) is 5.78. The highest BCUT2D eigenvalue weighted by Crippen LogP contribution is 2.62. The third-order valence-electron chi connectivity index (χ3n) is 6.37. The predicted molar refractivity (Wildman–Crippen MR) is 93.3 cm³/mol. The number of rotatable bonds is 0.